The third-order valence-corrected chi connectivity index (χ3v) is 5.05. The Morgan fingerprint density at radius 2 is 1.85 bits per heavy atom. The van der Waals surface area contributed by atoms with Crippen LogP contribution in [0.15, 0.2) is 48.5 Å². The van der Waals surface area contributed by atoms with Crippen molar-refractivity contribution in [2.75, 3.05) is 11.1 Å². The van der Waals surface area contributed by atoms with Crippen molar-refractivity contribution >= 4 is 40.9 Å². The summed E-state index contributed by atoms with van der Waals surface area (Å²) >= 11 is 7.20. The van der Waals surface area contributed by atoms with Gasteiger partial charge in [0, 0.05) is 10.7 Å². The predicted molar refractivity (Wildman–Crippen MR) is 105 cm³/mol. The number of anilines is 1. The number of hydrogen-bond acceptors (Lipinski definition) is 3. The molecule has 2 unspecified atom stereocenters. The van der Waals surface area contributed by atoms with E-state index < -0.39 is 5.25 Å². The molecule has 4 nitrogen and oxygen atoms in total. The highest BCUT2D eigenvalue weighted by Gasteiger charge is 2.18. The Morgan fingerprint density at radius 1 is 1.15 bits per heavy atom. The van der Waals surface area contributed by atoms with Crippen LogP contribution in [-0.2, 0) is 9.59 Å². The zero-order valence-electron chi connectivity index (χ0n) is 14.5. The minimum atomic E-state index is -0.393. The normalized spacial score (nSPS) is 12.9. The first-order valence-corrected chi connectivity index (χ1v) is 9.50. The molecule has 2 atom stereocenters. The maximum atomic E-state index is 12.8. The average Bonchev–Trinajstić information content (AvgIpc) is 2.61. The van der Waals surface area contributed by atoms with Gasteiger partial charge in [0.25, 0.3) is 0 Å². The standard InChI is InChI=1S/C19H20ClFN2O2S/c1-12(14-4-3-5-15(20)10-14)22-19(25)13(2)26-11-18(24)23-17-8-6-16(21)7-9-17/h3-10,12-13H,11H2,1-2H3,(H,22,25)(H,23,24). The summed E-state index contributed by atoms with van der Waals surface area (Å²) in [5.74, 6) is -0.643. The van der Waals surface area contributed by atoms with Gasteiger partial charge in [-0.15, -0.1) is 11.8 Å². The van der Waals surface area contributed by atoms with Gasteiger partial charge in [-0.2, -0.15) is 0 Å². The van der Waals surface area contributed by atoms with Crippen molar-refractivity contribution in [1.82, 2.24) is 5.32 Å². The van der Waals surface area contributed by atoms with E-state index in [0.29, 0.717) is 10.7 Å². The van der Waals surface area contributed by atoms with E-state index in [9.17, 15) is 14.0 Å². The molecule has 2 amide bonds. The summed E-state index contributed by atoms with van der Waals surface area (Å²) in [6, 6.07) is 12.6. The fourth-order valence-corrected chi connectivity index (χ4v) is 3.09. The molecule has 7 heteroatoms. The van der Waals surface area contributed by atoms with Crippen LogP contribution in [0.2, 0.25) is 5.02 Å². The highest BCUT2D eigenvalue weighted by atomic mass is 35.5. The van der Waals surface area contributed by atoms with Gasteiger partial charge >= 0.3 is 0 Å². The van der Waals surface area contributed by atoms with Crippen LogP contribution in [-0.4, -0.2) is 22.8 Å². The van der Waals surface area contributed by atoms with Crippen LogP contribution in [0.5, 0.6) is 0 Å². The molecule has 0 saturated carbocycles. The molecule has 0 saturated heterocycles. The van der Waals surface area contributed by atoms with Crippen LogP contribution >= 0.6 is 23.4 Å². The summed E-state index contributed by atoms with van der Waals surface area (Å²) in [6.45, 7) is 3.62. The molecule has 0 radical (unpaired) electrons. The average molecular weight is 395 g/mol. The van der Waals surface area contributed by atoms with Crippen LogP contribution in [0.4, 0.5) is 10.1 Å². The molecule has 0 aliphatic rings. The van der Waals surface area contributed by atoms with Gasteiger partial charge in [-0.1, -0.05) is 23.7 Å². The van der Waals surface area contributed by atoms with Crippen LogP contribution in [0.3, 0.4) is 0 Å². The number of thioether (sulfide) groups is 1. The van der Waals surface area contributed by atoms with E-state index in [4.69, 9.17) is 11.6 Å². The van der Waals surface area contributed by atoms with Crippen molar-refractivity contribution in [1.29, 1.82) is 0 Å². The lowest BCUT2D eigenvalue weighted by Gasteiger charge is -2.18. The lowest BCUT2D eigenvalue weighted by molar-refractivity contribution is -0.120. The molecule has 0 fully saturated rings. The van der Waals surface area contributed by atoms with Gasteiger partial charge in [-0.25, -0.2) is 4.39 Å². The quantitative estimate of drug-likeness (QED) is 0.731. The lowest BCUT2D eigenvalue weighted by atomic mass is 10.1. The third-order valence-electron chi connectivity index (χ3n) is 3.67. The summed E-state index contributed by atoms with van der Waals surface area (Å²) in [7, 11) is 0. The SMILES string of the molecule is CC(SCC(=O)Nc1ccc(F)cc1)C(=O)NC(C)c1cccc(Cl)c1. The Morgan fingerprint density at radius 3 is 2.50 bits per heavy atom. The Labute approximate surface area is 161 Å². The monoisotopic (exact) mass is 394 g/mol. The van der Waals surface area contributed by atoms with Gasteiger partial charge in [0.2, 0.25) is 11.8 Å². The Balaban J connectivity index is 1.79. The molecule has 2 N–H and O–H groups in total. The number of nitrogens with one attached hydrogen (secondary N) is 2. The molecule has 0 aliphatic carbocycles. The molecule has 26 heavy (non-hydrogen) atoms. The zero-order chi connectivity index (χ0) is 19.1. The van der Waals surface area contributed by atoms with Crippen molar-refractivity contribution in [2.24, 2.45) is 0 Å². The van der Waals surface area contributed by atoms with E-state index in [1.807, 2.05) is 19.1 Å². The molecule has 0 aliphatic heterocycles. The van der Waals surface area contributed by atoms with E-state index in [1.54, 1.807) is 19.1 Å². The van der Waals surface area contributed by atoms with Gasteiger partial charge < -0.3 is 10.6 Å². The van der Waals surface area contributed by atoms with Crippen molar-refractivity contribution in [3.05, 3.63) is 64.9 Å². The van der Waals surface area contributed by atoms with E-state index in [1.165, 1.54) is 36.0 Å². The highest BCUT2D eigenvalue weighted by molar-refractivity contribution is 8.01. The van der Waals surface area contributed by atoms with Gasteiger partial charge in [0.15, 0.2) is 0 Å². The maximum absolute atomic E-state index is 12.8. The largest absolute Gasteiger partial charge is 0.349 e. The summed E-state index contributed by atoms with van der Waals surface area (Å²) < 4.78 is 12.8. The Bertz CT molecular complexity index is 770. The van der Waals surface area contributed by atoms with E-state index >= 15 is 0 Å². The second-order valence-corrected chi connectivity index (χ2v) is 7.56. The number of carbonyl (C=O) groups excluding carboxylic acids is 2. The number of carbonyl (C=O) groups is 2. The van der Waals surface area contributed by atoms with Crippen molar-refractivity contribution < 1.29 is 14.0 Å². The summed E-state index contributed by atoms with van der Waals surface area (Å²) in [5.41, 5.74) is 1.43. The third kappa shape index (κ3) is 6.35. The molecule has 0 bridgehead atoms. The van der Waals surface area contributed by atoms with Crippen LogP contribution in [0.25, 0.3) is 0 Å². The van der Waals surface area contributed by atoms with Gasteiger partial charge in [0.1, 0.15) is 5.82 Å². The van der Waals surface area contributed by atoms with Crippen LogP contribution < -0.4 is 10.6 Å². The van der Waals surface area contributed by atoms with Crippen molar-refractivity contribution in [3.63, 3.8) is 0 Å². The lowest BCUT2D eigenvalue weighted by Crippen LogP contribution is -2.33. The Hall–Kier alpha value is -2.05. The molecule has 2 rings (SSSR count). The van der Waals surface area contributed by atoms with Crippen molar-refractivity contribution in [3.8, 4) is 0 Å². The van der Waals surface area contributed by atoms with Gasteiger partial charge in [-0.3, -0.25) is 9.59 Å². The summed E-state index contributed by atoms with van der Waals surface area (Å²) in [6.07, 6.45) is 0. The van der Waals surface area contributed by atoms with Crippen LogP contribution in [0.1, 0.15) is 25.5 Å². The Kier molecular flexibility index (Phi) is 7.48. The molecule has 138 valence electrons. The fraction of sp³-hybridized carbons (Fsp3) is 0.263. The fourth-order valence-electron chi connectivity index (χ4n) is 2.20. The molecule has 0 spiro atoms. The molecule has 0 aromatic heterocycles. The van der Waals surface area contributed by atoms with Crippen molar-refractivity contribution in [2.45, 2.75) is 25.1 Å². The summed E-state index contributed by atoms with van der Waals surface area (Å²) in [5, 5.41) is 5.80. The zero-order valence-corrected chi connectivity index (χ0v) is 16.0. The number of rotatable bonds is 7. The molecule has 0 heterocycles. The first kappa shape index (κ1) is 20.3. The highest BCUT2D eigenvalue weighted by Crippen LogP contribution is 2.19. The van der Waals surface area contributed by atoms with E-state index in [-0.39, 0.29) is 29.4 Å². The molecule has 2 aromatic rings. The van der Waals surface area contributed by atoms with E-state index in [0.717, 1.165) is 5.56 Å². The van der Waals surface area contributed by atoms with Gasteiger partial charge in [0.05, 0.1) is 17.0 Å². The number of halogens is 2. The van der Waals surface area contributed by atoms with Gasteiger partial charge in [-0.05, 0) is 55.8 Å². The second-order valence-electron chi connectivity index (χ2n) is 5.79. The second kappa shape index (κ2) is 9.59. The number of benzene rings is 2. The van der Waals surface area contributed by atoms with E-state index in [2.05, 4.69) is 10.6 Å². The molecular formula is C19H20ClFN2O2S. The molecule has 2 aromatic carbocycles. The van der Waals surface area contributed by atoms with Crippen LogP contribution in [0, 0.1) is 5.82 Å². The first-order chi connectivity index (χ1) is 12.3. The predicted octanol–water partition coefficient (Wildman–Crippen LogP) is 4.42. The number of amides is 2. The molecular weight excluding hydrogens is 375 g/mol. The summed E-state index contributed by atoms with van der Waals surface area (Å²) in [4.78, 5) is 24.2. The minimum absolute atomic E-state index is 0.123. The minimum Gasteiger partial charge on any atom is -0.349 e. The first-order valence-electron chi connectivity index (χ1n) is 8.08. The number of hydrogen-bond donors (Lipinski definition) is 2. The topological polar surface area (TPSA) is 58.2 Å². The maximum Gasteiger partial charge on any atom is 0.234 e. The smallest absolute Gasteiger partial charge is 0.234 e.